The first kappa shape index (κ1) is 19.8. The van der Waals surface area contributed by atoms with Crippen LogP contribution in [0.15, 0.2) is 17.3 Å². The number of hydrogen-bond acceptors (Lipinski definition) is 5. The molecule has 1 aliphatic carbocycles. The van der Waals surface area contributed by atoms with Gasteiger partial charge in [0.05, 0.1) is 24.0 Å². The molecule has 1 amide bonds. The maximum atomic E-state index is 11.9. The van der Waals surface area contributed by atoms with Crippen molar-refractivity contribution in [3.8, 4) is 0 Å². The Morgan fingerprint density at radius 1 is 1.42 bits per heavy atom. The summed E-state index contributed by atoms with van der Waals surface area (Å²) in [7, 11) is 1.75. The highest BCUT2D eigenvalue weighted by atomic mass is 127. The fraction of sp³-hybridized carbons (Fsp3) is 0.765. The lowest BCUT2D eigenvalue weighted by Crippen LogP contribution is -2.37. The fourth-order valence-corrected chi connectivity index (χ4v) is 3.99. The smallest absolute Gasteiger partial charge is 0.266 e. The number of ether oxygens (including phenoxy) is 3. The molecule has 0 radical (unpaired) electrons. The average Bonchev–Trinajstić information content (AvgIpc) is 3.10. The molecule has 2 rings (SSSR count). The Kier molecular flexibility index (Phi) is 8.65. The zero-order chi connectivity index (χ0) is 17.4. The Balaban J connectivity index is 1.66. The third-order valence-electron chi connectivity index (χ3n) is 4.30. The van der Waals surface area contributed by atoms with Crippen LogP contribution >= 0.6 is 22.6 Å². The summed E-state index contributed by atoms with van der Waals surface area (Å²) in [5.41, 5.74) is 3.28. The summed E-state index contributed by atoms with van der Waals surface area (Å²) in [6.45, 7) is 2.71. The Morgan fingerprint density at radius 2 is 2.25 bits per heavy atom. The molecule has 136 valence electrons. The van der Waals surface area contributed by atoms with Gasteiger partial charge in [-0.25, -0.2) is 5.43 Å². The number of hydrazone groups is 1. The van der Waals surface area contributed by atoms with E-state index in [0.717, 1.165) is 44.4 Å². The lowest BCUT2D eigenvalue weighted by Gasteiger charge is -2.31. The van der Waals surface area contributed by atoms with E-state index in [1.165, 1.54) is 0 Å². The molecule has 1 N–H and O–H groups in total. The molecule has 0 aromatic rings. The quantitative estimate of drug-likeness (QED) is 0.280. The van der Waals surface area contributed by atoms with Crippen LogP contribution in [-0.2, 0) is 19.0 Å². The minimum Gasteiger partial charge on any atom is -0.381 e. The van der Waals surface area contributed by atoms with Crippen LogP contribution < -0.4 is 5.43 Å². The zero-order valence-electron chi connectivity index (χ0n) is 14.4. The first-order valence-corrected chi connectivity index (χ1v) is 9.74. The highest BCUT2D eigenvalue weighted by molar-refractivity contribution is 14.1. The van der Waals surface area contributed by atoms with Crippen molar-refractivity contribution in [3.05, 3.63) is 12.2 Å². The number of halogens is 1. The van der Waals surface area contributed by atoms with E-state index in [4.69, 9.17) is 14.2 Å². The molecule has 1 aliphatic heterocycles. The second kappa shape index (κ2) is 10.5. The minimum atomic E-state index is -0.225. The van der Waals surface area contributed by atoms with Gasteiger partial charge in [-0.1, -0.05) is 28.7 Å². The largest absolute Gasteiger partial charge is 0.381 e. The number of alkyl halides is 1. The standard InChI is InChI=1S/C17H27IN2O4/c1-12(5-6-13-4-3-9-23-13)19-20-17(21)11-24-16-8-7-14(22-2)10-15(16)18/h5-6,13-16H,3-4,7-11H2,1-2H3,(H,20,21)/b6-5-,19-12+. The number of nitrogens with zero attached hydrogens (tertiary/aromatic N) is 1. The summed E-state index contributed by atoms with van der Waals surface area (Å²) in [6.07, 6.45) is 9.48. The van der Waals surface area contributed by atoms with Crippen molar-refractivity contribution >= 4 is 34.2 Å². The van der Waals surface area contributed by atoms with E-state index in [9.17, 15) is 4.79 Å². The molecule has 0 spiro atoms. The number of carbonyl (C=O) groups excluding carboxylic acids is 1. The zero-order valence-corrected chi connectivity index (χ0v) is 16.5. The van der Waals surface area contributed by atoms with Gasteiger partial charge in [0.25, 0.3) is 5.91 Å². The highest BCUT2D eigenvalue weighted by Gasteiger charge is 2.29. The Hall–Kier alpha value is -0.510. The SMILES string of the molecule is COC1CCC(OCC(=O)N/N=C(C)/C=C\C2CCCO2)C(I)C1. The molecule has 4 unspecified atom stereocenters. The maximum absolute atomic E-state index is 11.9. The van der Waals surface area contributed by atoms with Crippen molar-refractivity contribution in [1.29, 1.82) is 0 Å². The summed E-state index contributed by atoms with van der Waals surface area (Å²) in [5, 5.41) is 4.07. The van der Waals surface area contributed by atoms with Gasteiger partial charge in [-0.3, -0.25) is 4.79 Å². The maximum Gasteiger partial charge on any atom is 0.266 e. The van der Waals surface area contributed by atoms with Gasteiger partial charge in [0.2, 0.25) is 0 Å². The van der Waals surface area contributed by atoms with E-state index >= 15 is 0 Å². The van der Waals surface area contributed by atoms with Crippen molar-refractivity contribution in [2.45, 2.75) is 61.3 Å². The lowest BCUT2D eigenvalue weighted by atomic mass is 9.95. The number of methoxy groups -OCH3 is 1. The Labute approximate surface area is 157 Å². The molecule has 4 atom stereocenters. The number of rotatable bonds is 7. The molecule has 1 saturated carbocycles. The van der Waals surface area contributed by atoms with Gasteiger partial charge in [0, 0.05) is 17.6 Å². The van der Waals surface area contributed by atoms with Crippen LogP contribution in [0.5, 0.6) is 0 Å². The van der Waals surface area contributed by atoms with Gasteiger partial charge in [0.1, 0.15) is 6.61 Å². The summed E-state index contributed by atoms with van der Waals surface area (Å²) in [5.74, 6) is -0.225. The van der Waals surface area contributed by atoms with Crippen LogP contribution in [-0.4, -0.2) is 54.2 Å². The highest BCUT2D eigenvalue weighted by Crippen LogP contribution is 2.29. The minimum absolute atomic E-state index is 0.0358. The number of nitrogens with one attached hydrogen (secondary N) is 1. The Bertz CT molecular complexity index is 464. The summed E-state index contributed by atoms with van der Waals surface area (Å²) in [4.78, 5) is 11.9. The van der Waals surface area contributed by atoms with Crippen molar-refractivity contribution in [3.63, 3.8) is 0 Å². The van der Waals surface area contributed by atoms with Gasteiger partial charge in [-0.2, -0.15) is 5.10 Å². The molecule has 2 aliphatic rings. The topological polar surface area (TPSA) is 69.2 Å². The molecular formula is C17H27IN2O4. The lowest BCUT2D eigenvalue weighted by molar-refractivity contribution is -0.128. The van der Waals surface area contributed by atoms with Crippen molar-refractivity contribution in [2.24, 2.45) is 5.10 Å². The van der Waals surface area contributed by atoms with E-state index in [0.29, 0.717) is 10.0 Å². The molecular weight excluding hydrogens is 423 g/mol. The summed E-state index contributed by atoms with van der Waals surface area (Å²) >= 11 is 2.38. The van der Waals surface area contributed by atoms with E-state index < -0.39 is 0 Å². The molecule has 6 nitrogen and oxygen atoms in total. The van der Waals surface area contributed by atoms with Crippen molar-refractivity contribution in [1.82, 2.24) is 5.43 Å². The van der Waals surface area contributed by atoms with E-state index in [2.05, 4.69) is 33.1 Å². The normalized spacial score (nSPS) is 31.5. The van der Waals surface area contributed by atoms with Crippen molar-refractivity contribution in [2.75, 3.05) is 20.3 Å². The van der Waals surface area contributed by atoms with E-state index in [1.807, 2.05) is 19.1 Å². The summed E-state index contributed by atoms with van der Waals surface area (Å²) in [6, 6.07) is 0. The van der Waals surface area contributed by atoms with Crippen LogP contribution in [0.4, 0.5) is 0 Å². The monoisotopic (exact) mass is 450 g/mol. The third-order valence-corrected chi connectivity index (χ3v) is 5.61. The molecule has 0 aromatic heterocycles. The fourth-order valence-electron chi connectivity index (χ4n) is 2.86. The molecule has 7 heteroatoms. The Morgan fingerprint density at radius 3 is 2.92 bits per heavy atom. The van der Waals surface area contributed by atoms with Gasteiger partial charge >= 0.3 is 0 Å². The molecule has 1 saturated heterocycles. The van der Waals surface area contributed by atoms with Crippen molar-refractivity contribution < 1.29 is 19.0 Å². The number of hydrogen-bond donors (Lipinski definition) is 1. The van der Waals surface area contributed by atoms with Gasteiger partial charge in [-0.05, 0) is 45.1 Å². The number of carbonyl (C=O) groups is 1. The van der Waals surface area contributed by atoms with Crippen LogP contribution in [0.2, 0.25) is 0 Å². The van der Waals surface area contributed by atoms with Gasteiger partial charge < -0.3 is 14.2 Å². The van der Waals surface area contributed by atoms with Crippen LogP contribution in [0, 0.1) is 0 Å². The molecule has 1 heterocycles. The van der Waals surface area contributed by atoms with E-state index in [1.54, 1.807) is 7.11 Å². The first-order valence-electron chi connectivity index (χ1n) is 8.50. The second-order valence-corrected chi connectivity index (χ2v) is 7.83. The van der Waals surface area contributed by atoms with Crippen LogP contribution in [0.3, 0.4) is 0 Å². The second-order valence-electron chi connectivity index (χ2n) is 6.23. The van der Waals surface area contributed by atoms with Gasteiger partial charge in [-0.15, -0.1) is 0 Å². The molecule has 0 aromatic carbocycles. The first-order chi connectivity index (χ1) is 11.6. The predicted molar refractivity (Wildman–Crippen MR) is 102 cm³/mol. The van der Waals surface area contributed by atoms with Gasteiger partial charge in [0.15, 0.2) is 0 Å². The predicted octanol–water partition coefficient (Wildman–Crippen LogP) is 2.60. The van der Waals surface area contributed by atoms with Crippen LogP contribution in [0.1, 0.15) is 39.0 Å². The number of amides is 1. The van der Waals surface area contributed by atoms with E-state index in [-0.39, 0.29) is 24.7 Å². The molecule has 2 fully saturated rings. The summed E-state index contributed by atoms with van der Waals surface area (Å²) < 4.78 is 17.0. The molecule has 24 heavy (non-hydrogen) atoms. The molecule has 0 bridgehead atoms. The average molecular weight is 450 g/mol. The third kappa shape index (κ3) is 6.78. The van der Waals surface area contributed by atoms with Crippen LogP contribution in [0.25, 0.3) is 0 Å². The number of allylic oxidation sites excluding steroid dienone is 1.